The topological polar surface area (TPSA) is 85.2 Å². The van der Waals surface area contributed by atoms with E-state index in [4.69, 9.17) is 27.9 Å². The minimum atomic E-state index is -4.87. The average molecular weight is 537 g/mol. The largest absolute Gasteiger partial charge is 0.497 e. The Morgan fingerprint density at radius 2 is 1.67 bits per heavy atom. The highest BCUT2D eigenvalue weighted by Crippen LogP contribution is 2.34. The van der Waals surface area contributed by atoms with E-state index >= 15 is 0 Å². The number of benzene rings is 3. The maximum Gasteiger partial charge on any atom is 0.449 e. The third-order valence-electron chi connectivity index (χ3n) is 5.13. The van der Waals surface area contributed by atoms with Gasteiger partial charge in [0.2, 0.25) is 11.7 Å². The van der Waals surface area contributed by atoms with Gasteiger partial charge in [-0.15, -0.1) is 0 Å². The number of carbonyl (C=O) groups is 2. The van der Waals surface area contributed by atoms with Crippen molar-refractivity contribution in [2.45, 2.75) is 12.7 Å². The van der Waals surface area contributed by atoms with Gasteiger partial charge >= 0.3 is 6.18 Å². The maximum absolute atomic E-state index is 13.9. The molecule has 1 aromatic heterocycles. The van der Waals surface area contributed by atoms with Crippen LogP contribution in [0.2, 0.25) is 10.0 Å². The lowest BCUT2D eigenvalue weighted by atomic mass is 10.2. The molecule has 186 valence electrons. The molecule has 0 bridgehead atoms. The summed E-state index contributed by atoms with van der Waals surface area (Å²) in [7, 11) is 1.45. The van der Waals surface area contributed by atoms with Crippen LogP contribution in [0.4, 0.5) is 24.5 Å². The van der Waals surface area contributed by atoms with Crippen LogP contribution in [0.3, 0.4) is 0 Å². The minimum absolute atomic E-state index is 0.00817. The van der Waals surface area contributed by atoms with E-state index in [-0.39, 0.29) is 32.3 Å². The molecular weight excluding hydrogens is 520 g/mol. The number of hydrogen-bond acceptors (Lipinski definition) is 4. The molecule has 12 heteroatoms. The number of ether oxygens (including phenoxy) is 1. The molecule has 2 N–H and O–H groups in total. The van der Waals surface area contributed by atoms with E-state index in [9.17, 15) is 22.8 Å². The molecule has 0 aliphatic carbocycles. The first-order valence-electron chi connectivity index (χ1n) is 10.3. The Morgan fingerprint density at radius 3 is 2.33 bits per heavy atom. The fourth-order valence-electron chi connectivity index (χ4n) is 3.57. The van der Waals surface area contributed by atoms with E-state index in [1.807, 2.05) is 0 Å². The lowest BCUT2D eigenvalue weighted by Crippen LogP contribution is -2.23. The number of fused-ring (bicyclic) bond motifs is 1. The number of carbonyl (C=O) groups excluding carboxylic acids is 2. The monoisotopic (exact) mass is 536 g/mol. The Morgan fingerprint density at radius 1 is 1.00 bits per heavy atom. The summed E-state index contributed by atoms with van der Waals surface area (Å²) in [5.74, 6) is -2.27. The normalized spacial score (nSPS) is 11.4. The highest BCUT2D eigenvalue weighted by molar-refractivity contribution is 6.40. The van der Waals surface area contributed by atoms with E-state index in [0.29, 0.717) is 11.4 Å². The van der Waals surface area contributed by atoms with Crippen molar-refractivity contribution in [1.29, 1.82) is 0 Å². The molecule has 36 heavy (non-hydrogen) atoms. The van der Waals surface area contributed by atoms with Gasteiger partial charge in [-0.1, -0.05) is 41.4 Å². The molecule has 0 saturated heterocycles. The molecule has 0 spiro atoms. The smallest absolute Gasteiger partial charge is 0.449 e. The van der Waals surface area contributed by atoms with Crippen LogP contribution < -0.4 is 15.4 Å². The molecule has 0 fully saturated rings. The molecule has 1 heterocycles. The van der Waals surface area contributed by atoms with Crippen LogP contribution in [0.5, 0.6) is 5.75 Å². The summed E-state index contributed by atoms with van der Waals surface area (Å²) in [4.78, 5) is 29.2. The highest BCUT2D eigenvalue weighted by Gasteiger charge is 2.38. The number of halogens is 5. The van der Waals surface area contributed by atoms with Gasteiger partial charge in [-0.25, -0.2) is 4.98 Å². The zero-order valence-electron chi connectivity index (χ0n) is 18.5. The maximum atomic E-state index is 13.9. The number of imidazole rings is 1. The lowest BCUT2D eigenvalue weighted by molar-refractivity contribution is -0.147. The Hall–Kier alpha value is -3.76. The van der Waals surface area contributed by atoms with Crippen molar-refractivity contribution in [3.63, 3.8) is 0 Å². The molecule has 3 aromatic carbocycles. The van der Waals surface area contributed by atoms with E-state index in [1.165, 1.54) is 43.5 Å². The van der Waals surface area contributed by atoms with Gasteiger partial charge in [-0.3, -0.25) is 9.59 Å². The second-order valence-corrected chi connectivity index (χ2v) is 8.34. The number of para-hydroxylation sites is 1. The number of amides is 2. The van der Waals surface area contributed by atoms with Crippen molar-refractivity contribution in [3.05, 3.63) is 82.1 Å². The molecule has 0 saturated carbocycles. The van der Waals surface area contributed by atoms with E-state index in [2.05, 4.69) is 15.6 Å². The lowest BCUT2D eigenvalue weighted by Gasteiger charge is -2.12. The summed E-state index contributed by atoms with van der Waals surface area (Å²) in [5, 5.41) is 5.20. The van der Waals surface area contributed by atoms with Crippen LogP contribution in [0, 0.1) is 0 Å². The Bertz CT molecular complexity index is 1450. The van der Waals surface area contributed by atoms with Crippen molar-refractivity contribution < 1.29 is 27.5 Å². The molecular formula is C24H17Cl2F3N4O3. The second kappa shape index (κ2) is 10.1. The third-order valence-corrected chi connectivity index (χ3v) is 5.76. The van der Waals surface area contributed by atoms with Crippen molar-refractivity contribution >= 4 is 57.4 Å². The van der Waals surface area contributed by atoms with E-state index in [0.717, 1.165) is 4.57 Å². The van der Waals surface area contributed by atoms with Gasteiger partial charge in [-0.2, -0.15) is 13.2 Å². The quantitative estimate of drug-likeness (QED) is 0.304. The summed E-state index contributed by atoms with van der Waals surface area (Å²) >= 11 is 12.1. The SMILES string of the molecule is COc1cccc(NC(=O)Cn2c(C(F)(F)F)nc3c(NC(=O)c4c(Cl)cccc4Cl)cccc32)c1. The van der Waals surface area contributed by atoms with Crippen LogP contribution >= 0.6 is 23.2 Å². The van der Waals surface area contributed by atoms with Gasteiger partial charge in [0.15, 0.2) is 0 Å². The molecule has 4 aromatic rings. The van der Waals surface area contributed by atoms with E-state index < -0.39 is 30.4 Å². The zero-order chi connectivity index (χ0) is 26.0. The van der Waals surface area contributed by atoms with Gasteiger partial charge in [0, 0.05) is 11.8 Å². The zero-order valence-corrected chi connectivity index (χ0v) is 20.0. The van der Waals surface area contributed by atoms with Crippen LogP contribution in [0.1, 0.15) is 16.2 Å². The van der Waals surface area contributed by atoms with Crippen LogP contribution in [-0.2, 0) is 17.5 Å². The predicted molar refractivity (Wildman–Crippen MR) is 131 cm³/mol. The van der Waals surface area contributed by atoms with E-state index in [1.54, 1.807) is 24.3 Å². The number of methoxy groups -OCH3 is 1. The molecule has 7 nitrogen and oxygen atoms in total. The van der Waals surface area contributed by atoms with Crippen molar-refractivity contribution in [3.8, 4) is 5.75 Å². The minimum Gasteiger partial charge on any atom is -0.497 e. The molecule has 2 amide bonds. The third kappa shape index (κ3) is 5.24. The number of rotatable bonds is 6. The number of nitrogens with one attached hydrogen (secondary N) is 2. The van der Waals surface area contributed by atoms with Crippen LogP contribution in [-0.4, -0.2) is 28.5 Å². The van der Waals surface area contributed by atoms with Gasteiger partial charge in [-0.05, 0) is 36.4 Å². The van der Waals surface area contributed by atoms with Gasteiger partial charge in [0.05, 0.1) is 33.9 Å². The van der Waals surface area contributed by atoms with Crippen LogP contribution in [0.15, 0.2) is 60.7 Å². The van der Waals surface area contributed by atoms with Crippen molar-refractivity contribution in [2.75, 3.05) is 17.7 Å². The summed E-state index contributed by atoms with van der Waals surface area (Å²) in [6, 6.07) is 15.1. The van der Waals surface area contributed by atoms with Crippen molar-refractivity contribution in [2.24, 2.45) is 0 Å². The molecule has 0 aliphatic heterocycles. The predicted octanol–water partition coefficient (Wildman–Crippen LogP) is 6.26. The standard InChI is InChI=1S/C24H17Cl2F3N4O3/c1-36-14-6-2-5-13(11-14)30-19(34)12-33-18-10-4-9-17(21(18)32-23(33)24(27,28)29)31-22(35)20-15(25)7-3-8-16(20)26/h2-11H,12H2,1H3,(H,30,34)(H,31,35). The fraction of sp³-hybridized carbons (Fsp3) is 0.125. The first-order valence-corrected chi connectivity index (χ1v) is 11.1. The van der Waals surface area contributed by atoms with Crippen molar-refractivity contribution in [1.82, 2.24) is 9.55 Å². The Balaban J connectivity index is 1.70. The number of anilines is 2. The van der Waals surface area contributed by atoms with Gasteiger partial charge in [0.25, 0.3) is 5.91 Å². The summed E-state index contributed by atoms with van der Waals surface area (Å²) in [6.07, 6.45) is -4.87. The number of alkyl halides is 3. The summed E-state index contributed by atoms with van der Waals surface area (Å²) < 4.78 is 47.4. The average Bonchev–Trinajstić information content (AvgIpc) is 3.19. The second-order valence-electron chi connectivity index (χ2n) is 7.52. The molecule has 0 aliphatic rings. The number of hydrogen-bond donors (Lipinski definition) is 2. The molecule has 0 atom stereocenters. The first kappa shape index (κ1) is 25.3. The highest BCUT2D eigenvalue weighted by atomic mass is 35.5. The summed E-state index contributed by atoms with van der Waals surface area (Å²) in [6.45, 7) is -0.684. The Labute approximate surface area is 212 Å². The molecule has 4 rings (SSSR count). The van der Waals surface area contributed by atoms with Gasteiger partial charge < -0.3 is 19.9 Å². The summed E-state index contributed by atoms with van der Waals surface area (Å²) in [5.41, 5.74) is 0.139. The Kier molecular flexibility index (Phi) is 7.09. The number of aromatic nitrogens is 2. The molecule has 0 radical (unpaired) electrons. The fourth-order valence-corrected chi connectivity index (χ4v) is 4.14. The first-order chi connectivity index (χ1) is 17.1. The number of nitrogens with zero attached hydrogens (tertiary/aromatic N) is 2. The van der Waals surface area contributed by atoms with Crippen LogP contribution in [0.25, 0.3) is 11.0 Å². The van der Waals surface area contributed by atoms with Gasteiger partial charge in [0.1, 0.15) is 17.8 Å². The molecule has 0 unspecified atom stereocenters.